The number of nitrogens with zero attached hydrogens (tertiary/aromatic N) is 2. The van der Waals surface area contributed by atoms with Crippen molar-refractivity contribution in [2.45, 2.75) is 19.9 Å². The van der Waals surface area contributed by atoms with E-state index in [1.807, 2.05) is 31.2 Å². The first-order chi connectivity index (χ1) is 10.5. The van der Waals surface area contributed by atoms with Gasteiger partial charge in [0.05, 0.1) is 18.8 Å². The summed E-state index contributed by atoms with van der Waals surface area (Å²) in [5.41, 5.74) is 6.51. The average molecular weight is 413 g/mol. The Bertz CT molecular complexity index is 695. The summed E-state index contributed by atoms with van der Waals surface area (Å²) in [6, 6.07) is 7.51. The maximum Gasteiger partial charge on any atom is 0.356 e. The lowest BCUT2D eigenvalue weighted by Crippen LogP contribution is -2.24. The first-order valence-electron chi connectivity index (χ1n) is 6.75. The minimum atomic E-state index is -0.687. The Morgan fingerprint density at radius 3 is 2.55 bits per heavy atom. The molecule has 22 heavy (non-hydrogen) atoms. The number of halogens is 1. The Kier molecular flexibility index (Phi) is 5.17. The lowest BCUT2D eigenvalue weighted by Gasteiger charge is -2.18. The van der Waals surface area contributed by atoms with Crippen molar-refractivity contribution in [2.75, 3.05) is 6.61 Å². The number of esters is 1. The fourth-order valence-electron chi connectivity index (χ4n) is 2.18. The van der Waals surface area contributed by atoms with Gasteiger partial charge in [-0.25, -0.2) is 9.78 Å². The van der Waals surface area contributed by atoms with Crippen LogP contribution in [0, 0.1) is 3.57 Å². The van der Waals surface area contributed by atoms with E-state index >= 15 is 0 Å². The number of nitrogens with two attached hydrogens (primary N) is 1. The van der Waals surface area contributed by atoms with E-state index in [-0.39, 0.29) is 24.2 Å². The molecule has 0 aliphatic rings. The Morgan fingerprint density at radius 1 is 1.36 bits per heavy atom. The SMILES string of the molecule is CCOC(=O)c1cnc(C(N)=O)n1C(C)c1ccc(I)cc1. The number of hydrogen-bond donors (Lipinski definition) is 1. The summed E-state index contributed by atoms with van der Waals surface area (Å²) in [5, 5.41) is 0. The number of imidazole rings is 1. The molecule has 0 spiro atoms. The van der Waals surface area contributed by atoms with E-state index in [4.69, 9.17) is 10.5 Å². The molecule has 1 unspecified atom stereocenters. The molecule has 2 aromatic rings. The number of ether oxygens (including phenoxy) is 1. The Labute approximate surface area is 141 Å². The Morgan fingerprint density at radius 2 is 2.00 bits per heavy atom. The van der Waals surface area contributed by atoms with E-state index < -0.39 is 11.9 Å². The minimum Gasteiger partial charge on any atom is -0.461 e. The van der Waals surface area contributed by atoms with E-state index in [1.54, 1.807) is 6.92 Å². The van der Waals surface area contributed by atoms with Gasteiger partial charge in [0.15, 0.2) is 5.82 Å². The van der Waals surface area contributed by atoms with Crippen LogP contribution in [0.1, 0.15) is 46.6 Å². The second-order valence-corrected chi connectivity index (χ2v) is 5.89. The molecule has 1 aromatic heterocycles. The number of rotatable bonds is 5. The molecule has 1 aromatic carbocycles. The van der Waals surface area contributed by atoms with E-state index in [0.717, 1.165) is 9.13 Å². The van der Waals surface area contributed by atoms with Crippen LogP contribution < -0.4 is 5.73 Å². The van der Waals surface area contributed by atoms with Gasteiger partial charge in [-0.3, -0.25) is 4.79 Å². The highest BCUT2D eigenvalue weighted by Gasteiger charge is 2.24. The van der Waals surface area contributed by atoms with Crippen LogP contribution in [0.2, 0.25) is 0 Å². The van der Waals surface area contributed by atoms with Gasteiger partial charge < -0.3 is 15.0 Å². The van der Waals surface area contributed by atoms with Gasteiger partial charge in [-0.05, 0) is 54.1 Å². The van der Waals surface area contributed by atoms with Crippen LogP contribution in [0.25, 0.3) is 0 Å². The van der Waals surface area contributed by atoms with E-state index in [2.05, 4.69) is 27.6 Å². The van der Waals surface area contributed by atoms with Gasteiger partial charge in [0.2, 0.25) is 0 Å². The molecule has 2 N–H and O–H groups in total. The topological polar surface area (TPSA) is 87.2 Å². The van der Waals surface area contributed by atoms with Gasteiger partial charge in [-0.1, -0.05) is 12.1 Å². The molecule has 0 saturated carbocycles. The molecule has 2 rings (SSSR count). The third kappa shape index (κ3) is 3.29. The molecule has 0 fully saturated rings. The number of carbonyl (C=O) groups is 2. The molecule has 0 radical (unpaired) electrons. The molecule has 7 heteroatoms. The zero-order valence-corrected chi connectivity index (χ0v) is 14.4. The third-order valence-electron chi connectivity index (χ3n) is 3.24. The summed E-state index contributed by atoms with van der Waals surface area (Å²) in [6.45, 7) is 3.84. The van der Waals surface area contributed by atoms with Crippen molar-refractivity contribution >= 4 is 34.5 Å². The fraction of sp³-hybridized carbons (Fsp3) is 0.267. The molecule has 1 amide bonds. The summed E-state index contributed by atoms with van der Waals surface area (Å²) in [5.74, 6) is -1.18. The van der Waals surface area contributed by atoms with Gasteiger partial charge in [-0.15, -0.1) is 0 Å². The van der Waals surface area contributed by atoms with E-state index in [0.29, 0.717) is 0 Å². The lowest BCUT2D eigenvalue weighted by atomic mass is 10.1. The number of amides is 1. The minimum absolute atomic E-state index is 0.0362. The molecule has 0 aliphatic heterocycles. The summed E-state index contributed by atoms with van der Waals surface area (Å²) in [7, 11) is 0. The van der Waals surface area contributed by atoms with Crippen LogP contribution in [0.15, 0.2) is 30.5 Å². The van der Waals surface area contributed by atoms with Crippen molar-refractivity contribution in [3.63, 3.8) is 0 Å². The average Bonchev–Trinajstić information content (AvgIpc) is 2.92. The molecule has 1 heterocycles. The number of hydrogen-bond acceptors (Lipinski definition) is 4. The predicted octanol–water partition coefficient (Wildman–Crippen LogP) is 2.37. The van der Waals surface area contributed by atoms with Gasteiger partial charge in [0, 0.05) is 3.57 Å². The monoisotopic (exact) mass is 413 g/mol. The molecular formula is C15H16IN3O3. The predicted molar refractivity (Wildman–Crippen MR) is 89.7 cm³/mol. The standard InChI is InChI=1S/C15H16IN3O3/c1-3-22-15(21)12-8-18-14(13(17)20)19(12)9(2)10-4-6-11(16)7-5-10/h4-9H,3H2,1-2H3,(H2,17,20). The van der Waals surface area contributed by atoms with Crippen LogP contribution in [0.5, 0.6) is 0 Å². The van der Waals surface area contributed by atoms with Crippen LogP contribution in [0.4, 0.5) is 0 Å². The van der Waals surface area contributed by atoms with E-state index in [9.17, 15) is 9.59 Å². The molecule has 1 atom stereocenters. The summed E-state index contributed by atoms with van der Waals surface area (Å²) in [4.78, 5) is 27.6. The van der Waals surface area contributed by atoms with Gasteiger partial charge in [0.25, 0.3) is 5.91 Å². The summed E-state index contributed by atoms with van der Waals surface area (Å²) in [6.07, 6.45) is 1.32. The molecular weight excluding hydrogens is 397 g/mol. The fourth-order valence-corrected chi connectivity index (χ4v) is 2.54. The zero-order valence-electron chi connectivity index (χ0n) is 12.2. The first kappa shape index (κ1) is 16.5. The van der Waals surface area contributed by atoms with Crippen molar-refractivity contribution in [1.82, 2.24) is 9.55 Å². The van der Waals surface area contributed by atoms with Gasteiger partial charge in [0.1, 0.15) is 5.69 Å². The third-order valence-corrected chi connectivity index (χ3v) is 3.96. The summed E-state index contributed by atoms with van der Waals surface area (Å²) < 4.78 is 7.63. The molecule has 6 nitrogen and oxygen atoms in total. The number of primary amides is 1. The van der Waals surface area contributed by atoms with Crippen molar-refractivity contribution in [2.24, 2.45) is 5.73 Å². The highest BCUT2D eigenvalue weighted by molar-refractivity contribution is 14.1. The van der Waals surface area contributed by atoms with Crippen molar-refractivity contribution in [1.29, 1.82) is 0 Å². The molecule has 0 saturated heterocycles. The highest BCUT2D eigenvalue weighted by Crippen LogP contribution is 2.23. The van der Waals surface area contributed by atoms with Crippen LogP contribution in [-0.2, 0) is 4.74 Å². The van der Waals surface area contributed by atoms with Crippen LogP contribution in [-0.4, -0.2) is 28.0 Å². The van der Waals surface area contributed by atoms with Gasteiger partial charge >= 0.3 is 5.97 Å². The normalized spacial score (nSPS) is 12.0. The van der Waals surface area contributed by atoms with Crippen molar-refractivity contribution < 1.29 is 14.3 Å². The largest absolute Gasteiger partial charge is 0.461 e. The number of carbonyl (C=O) groups excluding carboxylic acids is 2. The molecule has 0 aliphatic carbocycles. The van der Waals surface area contributed by atoms with Crippen molar-refractivity contribution in [3.8, 4) is 0 Å². The molecule has 0 bridgehead atoms. The van der Waals surface area contributed by atoms with Crippen LogP contribution in [0.3, 0.4) is 0 Å². The molecule has 116 valence electrons. The van der Waals surface area contributed by atoms with Crippen molar-refractivity contribution in [3.05, 3.63) is 51.1 Å². The maximum absolute atomic E-state index is 12.1. The number of aromatic nitrogens is 2. The summed E-state index contributed by atoms with van der Waals surface area (Å²) >= 11 is 2.21. The zero-order chi connectivity index (χ0) is 16.3. The Balaban J connectivity index is 2.50. The second kappa shape index (κ2) is 6.91. The van der Waals surface area contributed by atoms with Crippen LogP contribution >= 0.6 is 22.6 Å². The lowest BCUT2D eigenvalue weighted by molar-refractivity contribution is 0.0512. The van der Waals surface area contributed by atoms with Gasteiger partial charge in [-0.2, -0.15) is 0 Å². The smallest absolute Gasteiger partial charge is 0.356 e. The first-order valence-corrected chi connectivity index (χ1v) is 7.83. The Hall–Kier alpha value is -1.90. The second-order valence-electron chi connectivity index (χ2n) is 4.65. The number of benzene rings is 1. The maximum atomic E-state index is 12.1. The van der Waals surface area contributed by atoms with E-state index in [1.165, 1.54) is 10.8 Å². The quantitative estimate of drug-likeness (QED) is 0.603. The highest BCUT2D eigenvalue weighted by atomic mass is 127.